The predicted molar refractivity (Wildman–Crippen MR) is 139 cm³/mol. The van der Waals surface area contributed by atoms with Crippen molar-refractivity contribution in [1.82, 2.24) is 0 Å². The van der Waals surface area contributed by atoms with E-state index in [-0.39, 0.29) is 0 Å². The minimum absolute atomic E-state index is 0.521. The number of ether oxygens (including phenoxy) is 5. The van der Waals surface area contributed by atoms with Gasteiger partial charge in [0.2, 0.25) is 0 Å². The number of hydrogen-bond donors (Lipinski definition) is 0. The molecule has 0 amide bonds. The summed E-state index contributed by atoms with van der Waals surface area (Å²) in [5, 5.41) is 0. The first kappa shape index (κ1) is 30.3. The molecule has 0 spiro atoms. The van der Waals surface area contributed by atoms with Crippen LogP contribution >= 0.6 is 10.0 Å². The van der Waals surface area contributed by atoms with E-state index in [1.807, 2.05) is 10.0 Å². The molecule has 3 fully saturated rings. The van der Waals surface area contributed by atoms with E-state index < -0.39 is 68.1 Å². The molecule has 3 rings (SSSR count). The number of carbonyl (C=O) groups is 4. The van der Waals surface area contributed by atoms with Crippen molar-refractivity contribution in [3.8, 4) is 0 Å². The normalized spacial score (nSPS) is 29.4. The van der Waals surface area contributed by atoms with Crippen LogP contribution in [0, 0.1) is 0 Å². The third-order valence-corrected chi connectivity index (χ3v) is 18.9. The molecule has 37 heavy (non-hydrogen) atoms. The summed E-state index contributed by atoms with van der Waals surface area (Å²) in [6, 6.07) is 0. The van der Waals surface area contributed by atoms with Crippen LogP contribution in [0.2, 0.25) is 9.41 Å². The van der Waals surface area contributed by atoms with Gasteiger partial charge in [0.25, 0.3) is 0 Å². The van der Waals surface area contributed by atoms with Crippen LogP contribution in [0.5, 0.6) is 0 Å². The maximum absolute atomic E-state index is 12.1. The van der Waals surface area contributed by atoms with Crippen LogP contribution in [0.25, 0.3) is 0 Å². The van der Waals surface area contributed by atoms with Crippen LogP contribution in [0.15, 0.2) is 0 Å². The van der Waals surface area contributed by atoms with Crippen molar-refractivity contribution in [3.05, 3.63) is 0 Å². The monoisotopic (exact) mass is 604 g/mol. The van der Waals surface area contributed by atoms with Crippen LogP contribution < -0.4 is 0 Å². The molecule has 1 saturated heterocycles. The first-order valence-corrected chi connectivity index (χ1v) is 18.8. The Kier molecular flexibility index (Phi) is 12.1. The van der Waals surface area contributed by atoms with Crippen molar-refractivity contribution >= 4 is 47.4 Å². The Bertz CT molecular complexity index is 779. The van der Waals surface area contributed by atoms with Crippen molar-refractivity contribution in [3.63, 3.8) is 0 Å². The quantitative estimate of drug-likeness (QED) is 0.212. The van der Waals surface area contributed by atoms with Gasteiger partial charge in [0.15, 0.2) is 0 Å². The predicted octanol–water partition coefficient (Wildman–Crippen LogP) is 4.46. The van der Waals surface area contributed by atoms with Gasteiger partial charge in [0.05, 0.1) is 0 Å². The van der Waals surface area contributed by atoms with Crippen LogP contribution in [0.3, 0.4) is 0 Å². The molecular weight excluding hydrogens is 563 g/mol. The van der Waals surface area contributed by atoms with E-state index >= 15 is 0 Å². The summed E-state index contributed by atoms with van der Waals surface area (Å²) in [5.74, 6) is -1.97. The Morgan fingerprint density at radius 1 is 0.649 bits per heavy atom. The van der Waals surface area contributed by atoms with Gasteiger partial charge in [-0.1, -0.05) is 0 Å². The van der Waals surface area contributed by atoms with E-state index in [9.17, 15) is 19.2 Å². The van der Waals surface area contributed by atoms with Crippen molar-refractivity contribution in [2.24, 2.45) is 0 Å². The van der Waals surface area contributed by atoms with Gasteiger partial charge in [-0.2, -0.15) is 0 Å². The van der Waals surface area contributed by atoms with Gasteiger partial charge >= 0.3 is 228 Å². The first-order valence-electron chi connectivity index (χ1n) is 13.4. The van der Waals surface area contributed by atoms with Gasteiger partial charge in [-0.15, -0.1) is 0 Å². The number of carbonyl (C=O) groups excluding carboxylic acids is 4. The average Bonchev–Trinajstić information content (AvgIpc) is 2.83. The Morgan fingerprint density at radius 3 is 1.54 bits per heavy atom. The van der Waals surface area contributed by atoms with E-state index in [1.54, 1.807) is 0 Å². The fraction of sp³-hybridized carbons (Fsp3) is 0.846. The minimum atomic E-state index is -1.36. The Labute approximate surface area is 227 Å². The van der Waals surface area contributed by atoms with Gasteiger partial charge in [-0.25, -0.2) is 0 Å². The first-order chi connectivity index (χ1) is 17.7. The van der Waals surface area contributed by atoms with Crippen LogP contribution in [-0.2, 0) is 42.9 Å². The average molecular weight is 605 g/mol. The molecule has 5 atom stereocenters. The third-order valence-electron chi connectivity index (χ3n) is 7.04. The van der Waals surface area contributed by atoms with Crippen molar-refractivity contribution in [2.45, 2.75) is 132 Å². The molecule has 0 bridgehead atoms. The summed E-state index contributed by atoms with van der Waals surface area (Å²) in [6.07, 6.45) is 7.46. The Morgan fingerprint density at radius 2 is 1.08 bits per heavy atom. The van der Waals surface area contributed by atoms with E-state index in [1.165, 1.54) is 91.9 Å². The van der Waals surface area contributed by atoms with Gasteiger partial charge in [-0.05, 0) is 0 Å². The van der Waals surface area contributed by atoms with E-state index in [0.717, 1.165) is 9.41 Å². The second kappa shape index (κ2) is 14.8. The molecule has 1 aliphatic heterocycles. The van der Waals surface area contributed by atoms with E-state index in [4.69, 9.17) is 23.7 Å². The third kappa shape index (κ3) is 9.17. The fourth-order valence-corrected chi connectivity index (χ4v) is 18.4. The van der Waals surface area contributed by atoms with Gasteiger partial charge in [0, 0.05) is 0 Å². The summed E-state index contributed by atoms with van der Waals surface area (Å²) >= 11 is -1.36. The van der Waals surface area contributed by atoms with Crippen LogP contribution in [0.1, 0.15) is 91.9 Å². The second-order valence-electron chi connectivity index (χ2n) is 10.1. The Balaban J connectivity index is 1.87. The number of rotatable bonds is 9. The zero-order valence-electron chi connectivity index (χ0n) is 22.3. The van der Waals surface area contributed by atoms with Gasteiger partial charge < -0.3 is 0 Å². The molecule has 0 unspecified atom stereocenters. The summed E-state index contributed by atoms with van der Waals surface area (Å²) in [5.41, 5.74) is 0. The van der Waals surface area contributed by atoms with Gasteiger partial charge in [-0.3, -0.25) is 0 Å². The summed E-state index contributed by atoms with van der Waals surface area (Å²) in [4.78, 5) is 47.9. The standard InChI is InChI=1S/C26H41AsO9S/c1-16(28)32-23-22(15-37-27(20-11-7-5-8-12-20)21-13-9-6-10-14-21)36-26(35-19(4)31)25(34-18(3)30)24(23)33-17(2)29/h20-26H,5-15H2,1-4H3/t22-,23-,24+,25-,26-/m1/s1. The van der Waals surface area contributed by atoms with Gasteiger partial charge in [0.1, 0.15) is 0 Å². The summed E-state index contributed by atoms with van der Waals surface area (Å²) in [6.45, 7) is 4.93. The second-order valence-corrected chi connectivity index (χ2v) is 19.1. The molecule has 9 nitrogen and oxygen atoms in total. The molecule has 0 aromatic rings. The molecule has 0 N–H and O–H groups in total. The molecule has 1 heterocycles. The maximum atomic E-state index is 12.1. The van der Waals surface area contributed by atoms with Crippen LogP contribution in [-0.4, -0.2) is 73.8 Å². The molecule has 0 aromatic heterocycles. The van der Waals surface area contributed by atoms with E-state index in [0.29, 0.717) is 5.75 Å². The fourth-order valence-electron chi connectivity index (χ4n) is 5.59. The van der Waals surface area contributed by atoms with E-state index in [2.05, 4.69) is 0 Å². The molecule has 0 aromatic carbocycles. The summed E-state index contributed by atoms with van der Waals surface area (Å²) in [7, 11) is 1.97. The zero-order chi connectivity index (χ0) is 26.9. The molecule has 0 radical (unpaired) electrons. The molecular formula is C26H41AsO9S. The molecule has 210 valence electrons. The number of hydrogen-bond acceptors (Lipinski definition) is 10. The molecule has 2 aliphatic carbocycles. The Hall–Kier alpha value is -1.25. The summed E-state index contributed by atoms with van der Waals surface area (Å²) < 4.78 is 29.6. The topological polar surface area (TPSA) is 114 Å². The molecule has 3 aliphatic rings. The molecule has 11 heteroatoms. The SMILES string of the molecule is CC(=O)O[C@@H]1O[C@H](CS[As](C2CCCCC2)C2CCCCC2)[C@@H](OC(C)=O)[C@H](OC(C)=O)[C@H]1OC(C)=O. The molecule has 2 saturated carbocycles. The van der Waals surface area contributed by atoms with Crippen LogP contribution in [0.4, 0.5) is 0 Å². The van der Waals surface area contributed by atoms with Crippen molar-refractivity contribution in [1.29, 1.82) is 0 Å². The van der Waals surface area contributed by atoms with Crippen molar-refractivity contribution < 1.29 is 42.9 Å². The zero-order valence-corrected chi connectivity index (χ0v) is 25.0. The number of esters is 4. The van der Waals surface area contributed by atoms with Crippen molar-refractivity contribution in [2.75, 3.05) is 5.75 Å².